The molecule has 2 aliphatic rings. The Labute approximate surface area is 115 Å². The van der Waals surface area contributed by atoms with Gasteiger partial charge in [-0.15, -0.1) is 0 Å². The molecule has 2 N–H and O–H groups in total. The number of carbonyl (C=O) groups is 2. The van der Waals surface area contributed by atoms with Crippen LogP contribution in [0.4, 0.5) is 0 Å². The summed E-state index contributed by atoms with van der Waals surface area (Å²) in [4.78, 5) is 25.4. The lowest BCUT2D eigenvalue weighted by Gasteiger charge is -2.29. The van der Waals surface area contributed by atoms with E-state index >= 15 is 0 Å². The van der Waals surface area contributed by atoms with Crippen molar-refractivity contribution in [1.82, 2.24) is 15.5 Å². The highest BCUT2D eigenvalue weighted by Crippen LogP contribution is 2.22. The van der Waals surface area contributed by atoms with Crippen LogP contribution in [0.25, 0.3) is 0 Å². The van der Waals surface area contributed by atoms with Gasteiger partial charge in [0.1, 0.15) is 6.04 Å². The van der Waals surface area contributed by atoms with Crippen LogP contribution >= 0.6 is 0 Å². The predicted octanol–water partition coefficient (Wildman–Crippen LogP) is 0.503. The number of hydrogen-bond donors (Lipinski definition) is 2. The first-order valence-electron chi connectivity index (χ1n) is 7.49. The lowest BCUT2D eigenvalue weighted by molar-refractivity contribution is -0.134. The summed E-state index contributed by atoms with van der Waals surface area (Å²) in [6.07, 6.45) is 5.98. The molecular weight excluding hydrogens is 242 g/mol. The first kappa shape index (κ1) is 14.3. The highest BCUT2D eigenvalue weighted by Gasteiger charge is 2.29. The maximum atomic E-state index is 12.4. The average Bonchev–Trinajstić information content (AvgIpc) is 2.65. The first-order chi connectivity index (χ1) is 9.20. The van der Waals surface area contributed by atoms with Gasteiger partial charge in [0.2, 0.25) is 11.8 Å². The second-order valence-electron chi connectivity index (χ2n) is 5.65. The van der Waals surface area contributed by atoms with Crippen molar-refractivity contribution in [3.05, 3.63) is 0 Å². The van der Waals surface area contributed by atoms with Crippen molar-refractivity contribution in [2.75, 3.05) is 26.2 Å². The van der Waals surface area contributed by atoms with Gasteiger partial charge in [-0.1, -0.05) is 19.8 Å². The van der Waals surface area contributed by atoms with Crippen molar-refractivity contribution < 1.29 is 9.59 Å². The molecule has 2 unspecified atom stereocenters. The molecule has 19 heavy (non-hydrogen) atoms. The van der Waals surface area contributed by atoms with E-state index in [0.29, 0.717) is 6.54 Å². The minimum Gasteiger partial charge on any atom is -0.353 e. The van der Waals surface area contributed by atoms with E-state index in [1.807, 2.05) is 4.90 Å². The molecule has 5 nitrogen and oxygen atoms in total. The molecule has 2 aliphatic heterocycles. The summed E-state index contributed by atoms with van der Waals surface area (Å²) in [5.74, 6) is 0.905. The maximum Gasteiger partial charge on any atom is 0.241 e. The van der Waals surface area contributed by atoms with E-state index in [0.717, 1.165) is 31.8 Å². The molecule has 2 atom stereocenters. The van der Waals surface area contributed by atoms with Crippen LogP contribution < -0.4 is 10.6 Å². The summed E-state index contributed by atoms with van der Waals surface area (Å²) in [6.45, 7) is 4.64. The Morgan fingerprint density at radius 2 is 2.21 bits per heavy atom. The van der Waals surface area contributed by atoms with E-state index in [1.165, 1.54) is 19.3 Å². The number of hydrogen-bond acceptors (Lipinski definition) is 3. The number of likely N-dealkylation sites (tertiary alicyclic amines) is 1. The van der Waals surface area contributed by atoms with Crippen LogP contribution in [-0.2, 0) is 9.59 Å². The average molecular weight is 267 g/mol. The summed E-state index contributed by atoms with van der Waals surface area (Å²) in [5.41, 5.74) is 0. The predicted molar refractivity (Wildman–Crippen MR) is 73.6 cm³/mol. The van der Waals surface area contributed by atoms with Crippen LogP contribution in [-0.4, -0.2) is 48.9 Å². The molecule has 2 rings (SSSR count). The van der Waals surface area contributed by atoms with Crippen LogP contribution in [0.3, 0.4) is 0 Å². The van der Waals surface area contributed by atoms with Crippen LogP contribution in [0.2, 0.25) is 0 Å². The molecule has 0 aromatic heterocycles. The quantitative estimate of drug-likeness (QED) is 0.783. The minimum absolute atomic E-state index is 0.0251. The summed E-state index contributed by atoms with van der Waals surface area (Å²) in [7, 11) is 0. The van der Waals surface area contributed by atoms with Crippen LogP contribution in [0.1, 0.15) is 39.0 Å². The fraction of sp³-hybridized carbons (Fsp3) is 0.857. The largest absolute Gasteiger partial charge is 0.353 e. The van der Waals surface area contributed by atoms with Gasteiger partial charge in [0.15, 0.2) is 0 Å². The van der Waals surface area contributed by atoms with E-state index in [-0.39, 0.29) is 24.4 Å². The van der Waals surface area contributed by atoms with E-state index in [1.54, 1.807) is 0 Å². The monoisotopic (exact) mass is 267 g/mol. The fourth-order valence-corrected chi connectivity index (χ4v) is 3.04. The van der Waals surface area contributed by atoms with Crippen molar-refractivity contribution in [3.8, 4) is 0 Å². The van der Waals surface area contributed by atoms with Crippen LogP contribution in [0.5, 0.6) is 0 Å². The topological polar surface area (TPSA) is 61.4 Å². The van der Waals surface area contributed by atoms with E-state index in [4.69, 9.17) is 0 Å². The molecule has 108 valence electrons. The maximum absolute atomic E-state index is 12.4. The van der Waals surface area contributed by atoms with Crippen molar-refractivity contribution in [1.29, 1.82) is 0 Å². The molecule has 0 aromatic carbocycles. The Balaban J connectivity index is 1.84. The normalized spacial score (nSPS) is 28.7. The van der Waals surface area contributed by atoms with Gasteiger partial charge in [0, 0.05) is 19.6 Å². The second-order valence-corrected chi connectivity index (χ2v) is 5.65. The molecule has 0 aromatic rings. The van der Waals surface area contributed by atoms with Gasteiger partial charge in [0.25, 0.3) is 0 Å². The second kappa shape index (κ2) is 6.89. The number of nitrogens with zero attached hydrogens (tertiary/aromatic N) is 1. The van der Waals surface area contributed by atoms with Gasteiger partial charge in [-0.3, -0.25) is 14.9 Å². The van der Waals surface area contributed by atoms with Gasteiger partial charge in [-0.2, -0.15) is 0 Å². The third-order valence-corrected chi connectivity index (χ3v) is 4.17. The molecule has 2 amide bonds. The summed E-state index contributed by atoms with van der Waals surface area (Å²) in [6, 6.07) is -0.236. The molecule has 0 aliphatic carbocycles. The number of amides is 2. The molecule has 0 bridgehead atoms. The molecule has 0 spiro atoms. The highest BCUT2D eigenvalue weighted by molar-refractivity contribution is 5.86. The number of piperazine rings is 1. The van der Waals surface area contributed by atoms with Gasteiger partial charge < -0.3 is 10.2 Å². The third kappa shape index (κ3) is 3.93. The zero-order valence-corrected chi connectivity index (χ0v) is 11.8. The lowest BCUT2D eigenvalue weighted by Crippen LogP contribution is -2.58. The van der Waals surface area contributed by atoms with Crippen molar-refractivity contribution >= 4 is 11.8 Å². The Kier molecular flexibility index (Phi) is 5.19. The van der Waals surface area contributed by atoms with Crippen molar-refractivity contribution in [3.63, 3.8) is 0 Å². The van der Waals surface area contributed by atoms with Gasteiger partial charge in [0.05, 0.1) is 6.54 Å². The number of rotatable bonds is 3. The lowest BCUT2D eigenvalue weighted by atomic mass is 9.96. The standard InChI is InChI=1S/C14H25N3O2/c1-2-4-11-5-3-7-17(8-6-11)14(19)12-9-16-13(18)10-15-12/h11-12,15H,2-10H2,1H3,(H,16,18). The molecule has 5 heteroatoms. The van der Waals surface area contributed by atoms with E-state index < -0.39 is 0 Å². The Hall–Kier alpha value is -1.10. The first-order valence-corrected chi connectivity index (χ1v) is 7.49. The number of carbonyl (C=O) groups excluding carboxylic acids is 2. The Morgan fingerprint density at radius 1 is 1.37 bits per heavy atom. The third-order valence-electron chi connectivity index (χ3n) is 4.17. The van der Waals surface area contributed by atoms with Gasteiger partial charge in [-0.25, -0.2) is 0 Å². The summed E-state index contributed by atoms with van der Waals surface area (Å²) in [5, 5.41) is 5.77. The molecule has 0 saturated carbocycles. The summed E-state index contributed by atoms with van der Waals surface area (Å²) >= 11 is 0. The zero-order valence-electron chi connectivity index (χ0n) is 11.8. The Morgan fingerprint density at radius 3 is 2.89 bits per heavy atom. The summed E-state index contributed by atoms with van der Waals surface area (Å²) < 4.78 is 0. The van der Waals surface area contributed by atoms with Crippen LogP contribution in [0, 0.1) is 5.92 Å². The zero-order chi connectivity index (χ0) is 13.7. The minimum atomic E-state index is -0.236. The molecule has 2 saturated heterocycles. The van der Waals surface area contributed by atoms with Gasteiger partial charge in [-0.05, 0) is 25.2 Å². The molecule has 2 fully saturated rings. The van der Waals surface area contributed by atoms with E-state index in [9.17, 15) is 9.59 Å². The van der Waals surface area contributed by atoms with Crippen LogP contribution in [0.15, 0.2) is 0 Å². The Bertz CT molecular complexity index is 323. The fourth-order valence-electron chi connectivity index (χ4n) is 3.04. The highest BCUT2D eigenvalue weighted by atomic mass is 16.2. The van der Waals surface area contributed by atoms with Gasteiger partial charge >= 0.3 is 0 Å². The SMILES string of the molecule is CCCC1CCCN(C(=O)C2CNC(=O)CN2)CC1. The van der Waals surface area contributed by atoms with Crippen molar-refractivity contribution in [2.45, 2.75) is 45.1 Å². The molecule has 2 heterocycles. The van der Waals surface area contributed by atoms with E-state index in [2.05, 4.69) is 17.6 Å². The van der Waals surface area contributed by atoms with Crippen molar-refractivity contribution in [2.24, 2.45) is 5.92 Å². The smallest absolute Gasteiger partial charge is 0.241 e. The molecule has 0 radical (unpaired) electrons. The number of nitrogens with one attached hydrogen (secondary N) is 2. The molecular formula is C14H25N3O2.